The van der Waals surface area contributed by atoms with Crippen molar-refractivity contribution in [3.8, 4) is 38.8 Å². The summed E-state index contributed by atoms with van der Waals surface area (Å²) in [4.78, 5) is 19.6. The monoisotopic (exact) mass is 514 g/mol. The molecule has 0 unspecified atom stereocenters. The molecule has 0 aliphatic heterocycles. The maximum Gasteiger partial charge on any atom is 0.181 e. The van der Waals surface area contributed by atoms with Crippen LogP contribution in [0.5, 0.6) is 5.75 Å². The highest BCUT2D eigenvalue weighted by atomic mass is 32.1. The molecular weight excluding hydrogens is 492 g/mol. The first kappa shape index (κ1) is 22.4. The van der Waals surface area contributed by atoms with Crippen LogP contribution in [0.2, 0.25) is 0 Å². The Bertz CT molecular complexity index is 1900. The van der Waals surface area contributed by atoms with Gasteiger partial charge in [0.15, 0.2) is 5.65 Å². The number of aryl methyl sites for hydroxylation is 1. The van der Waals surface area contributed by atoms with Gasteiger partial charge in [-0.1, -0.05) is 30.3 Å². The van der Waals surface area contributed by atoms with Crippen LogP contribution in [0.25, 0.3) is 55.0 Å². The number of aromatic nitrogens is 6. The third kappa shape index (κ3) is 4.10. The second kappa shape index (κ2) is 9.24. The molecule has 184 valence electrons. The van der Waals surface area contributed by atoms with Gasteiger partial charge in [-0.05, 0) is 48.9 Å². The van der Waals surface area contributed by atoms with Gasteiger partial charge in [0, 0.05) is 50.9 Å². The average Bonchev–Trinajstić information content (AvgIpc) is 3.70. The van der Waals surface area contributed by atoms with Crippen LogP contribution < -0.4 is 4.74 Å². The van der Waals surface area contributed by atoms with Gasteiger partial charge in [-0.2, -0.15) is 5.10 Å². The van der Waals surface area contributed by atoms with Crippen molar-refractivity contribution >= 4 is 33.3 Å². The fourth-order valence-corrected chi connectivity index (χ4v) is 5.48. The number of pyridine rings is 3. The van der Waals surface area contributed by atoms with Crippen LogP contribution in [0, 0.1) is 6.92 Å². The van der Waals surface area contributed by atoms with E-state index in [0.717, 1.165) is 54.9 Å². The molecule has 7 aromatic rings. The van der Waals surface area contributed by atoms with Gasteiger partial charge in [-0.15, -0.1) is 11.3 Å². The lowest BCUT2D eigenvalue weighted by molar-refractivity contribution is 0.305. The van der Waals surface area contributed by atoms with Crippen LogP contribution in [0.1, 0.15) is 10.4 Å². The summed E-state index contributed by atoms with van der Waals surface area (Å²) in [6, 6.07) is 22.5. The van der Waals surface area contributed by atoms with E-state index in [0.29, 0.717) is 18.0 Å². The number of H-pyrrole nitrogens is 2. The Kier molecular flexibility index (Phi) is 5.44. The lowest BCUT2D eigenvalue weighted by Gasteiger charge is -2.08. The standard InChI is InChI=1S/C30H22N6OS/c1-18-7-8-27(38-18)29-23-13-26(34-25(23)9-10-32-29)28-24-12-21(15-33-30(24)36-35-28)20-11-22(16-31-14-20)37-17-19-5-3-2-4-6-19/h2-16,34H,17H2,1H3,(H,33,35,36). The summed E-state index contributed by atoms with van der Waals surface area (Å²) in [7, 11) is 0. The molecule has 6 aromatic heterocycles. The van der Waals surface area contributed by atoms with Crippen molar-refractivity contribution in [2.45, 2.75) is 13.5 Å². The molecule has 7 rings (SSSR count). The molecule has 8 heteroatoms. The first-order valence-corrected chi connectivity index (χ1v) is 13.0. The molecule has 1 aromatic carbocycles. The Morgan fingerprint density at radius 2 is 1.76 bits per heavy atom. The molecule has 6 heterocycles. The highest BCUT2D eigenvalue weighted by molar-refractivity contribution is 7.15. The number of thiophene rings is 1. The van der Waals surface area contributed by atoms with E-state index < -0.39 is 0 Å². The summed E-state index contributed by atoms with van der Waals surface area (Å²) >= 11 is 1.75. The summed E-state index contributed by atoms with van der Waals surface area (Å²) in [5.41, 5.74) is 7.43. The summed E-state index contributed by atoms with van der Waals surface area (Å²) in [5, 5.41) is 9.63. The Labute approximate surface area is 222 Å². The molecule has 0 amide bonds. The smallest absolute Gasteiger partial charge is 0.181 e. The number of rotatable bonds is 6. The lowest BCUT2D eigenvalue weighted by atomic mass is 10.1. The van der Waals surface area contributed by atoms with E-state index in [-0.39, 0.29) is 0 Å². The highest BCUT2D eigenvalue weighted by Gasteiger charge is 2.16. The Morgan fingerprint density at radius 3 is 2.63 bits per heavy atom. The molecular formula is C30H22N6OS. The Hall–Kier alpha value is -4.82. The molecule has 0 fully saturated rings. The molecule has 0 spiro atoms. The third-order valence-corrected chi connectivity index (χ3v) is 7.50. The summed E-state index contributed by atoms with van der Waals surface area (Å²) in [6.07, 6.45) is 7.21. The minimum Gasteiger partial charge on any atom is -0.487 e. The van der Waals surface area contributed by atoms with Crippen LogP contribution >= 0.6 is 11.3 Å². The first-order valence-electron chi connectivity index (χ1n) is 12.2. The largest absolute Gasteiger partial charge is 0.487 e. The van der Waals surface area contributed by atoms with E-state index in [1.807, 2.05) is 61.1 Å². The number of hydrogen-bond donors (Lipinski definition) is 2. The molecule has 0 atom stereocenters. The zero-order valence-corrected chi connectivity index (χ0v) is 21.3. The predicted molar refractivity (Wildman–Crippen MR) is 151 cm³/mol. The van der Waals surface area contributed by atoms with Gasteiger partial charge in [0.05, 0.1) is 28.2 Å². The van der Waals surface area contributed by atoms with Crippen molar-refractivity contribution in [2.24, 2.45) is 0 Å². The van der Waals surface area contributed by atoms with E-state index in [1.54, 1.807) is 17.5 Å². The van der Waals surface area contributed by atoms with Gasteiger partial charge >= 0.3 is 0 Å². The van der Waals surface area contributed by atoms with Gasteiger partial charge < -0.3 is 9.72 Å². The number of nitrogens with zero attached hydrogens (tertiary/aromatic N) is 4. The van der Waals surface area contributed by atoms with Crippen LogP contribution in [0.3, 0.4) is 0 Å². The van der Waals surface area contributed by atoms with E-state index >= 15 is 0 Å². The van der Waals surface area contributed by atoms with Crippen LogP contribution in [0.15, 0.2) is 91.5 Å². The van der Waals surface area contributed by atoms with Crippen molar-refractivity contribution in [1.82, 2.24) is 30.1 Å². The predicted octanol–water partition coefficient (Wildman–Crippen LogP) is 7.18. The third-order valence-electron chi connectivity index (χ3n) is 6.50. The first-order chi connectivity index (χ1) is 18.7. The molecule has 0 radical (unpaired) electrons. The summed E-state index contributed by atoms with van der Waals surface area (Å²) in [5.74, 6) is 0.707. The number of nitrogens with one attached hydrogen (secondary N) is 2. The van der Waals surface area contributed by atoms with Crippen molar-refractivity contribution in [2.75, 3.05) is 0 Å². The quantitative estimate of drug-likeness (QED) is 0.245. The normalized spacial score (nSPS) is 11.4. The topological polar surface area (TPSA) is 92.4 Å². The summed E-state index contributed by atoms with van der Waals surface area (Å²) in [6.45, 7) is 2.59. The maximum absolute atomic E-state index is 5.99. The second-order valence-electron chi connectivity index (χ2n) is 9.09. The van der Waals surface area contributed by atoms with E-state index in [1.165, 1.54) is 4.88 Å². The van der Waals surface area contributed by atoms with Crippen molar-refractivity contribution in [1.29, 1.82) is 0 Å². The fraction of sp³-hybridized carbons (Fsp3) is 0.0667. The number of ether oxygens (including phenoxy) is 1. The zero-order valence-electron chi connectivity index (χ0n) is 20.5. The molecule has 0 aliphatic carbocycles. The molecule has 38 heavy (non-hydrogen) atoms. The number of fused-ring (bicyclic) bond motifs is 2. The fourth-order valence-electron chi connectivity index (χ4n) is 4.61. The molecule has 0 bridgehead atoms. The summed E-state index contributed by atoms with van der Waals surface area (Å²) < 4.78 is 5.99. The minimum absolute atomic E-state index is 0.484. The number of benzene rings is 1. The highest BCUT2D eigenvalue weighted by Crippen LogP contribution is 2.36. The van der Waals surface area contributed by atoms with Crippen molar-refractivity contribution in [3.63, 3.8) is 0 Å². The van der Waals surface area contributed by atoms with Crippen molar-refractivity contribution < 1.29 is 4.74 Å². The van der Waals surface area contributed by atoms with E-state index in [2.05, 4.69) is 61.3 Å². The van der Waals surface area contributed by atoms with Gasteiger partial charge in [0.2, 0.25) is 0 Å². The Morgan fingerprint density at radius 1 is 0.868 bits per heavy atom. The lowest BCUT2D eigenvalue weighted by Crippen LogP contribution is -1.96. The van der Waals surface area contributed by atoms with Crippen LogP contribution in [-0.4, -0.2) is 30.1 Å². The zero-order chi connectivity index (χ0) is 25.5. The molecule has 0 aliphatic rings. The van der Waals surface area contributed by atoms with Crippen molar-refractivity contribution in [3.05, 3.63) is 102 Å². The molecule has 2 N–H and O–H groups in total. The Balaban J connectivity index is 1.24. The molecule has 7 nitrogen and oxygen atoms in total. The minimum atomic E-state index is 0.484. The van der Waals surface area contributed by atoms with Crippen LogP contribution in [0.4, 0.5) is 0 Å². The average molecular weight is 515 g/mol. The van der Waals surface area contributed by atoms with Gasteiger partial charge in [-0.3, -0.25) is 15.1 Å². The van der Waals surface area contributed by atoms with E-state index in [9.17, 15) is 0 Å². The molecule has 0 saturated carbocycles. The van der Waals surface area contributed by atoms with Gasteiger partial charge in [-0.25, -0.2) is 4.98 Å². The second-order valence-corrected chi connectivity index (χ2v) is 10.4. The van der Waals surface area contributed by atoms with E-state index in [4.69, 9.17) is 4.74 Å². The molecule has 0 saturated heterocycles. The number of aromatic amines is 2. The maximum atomic E-state index is 5.99. The number of hydrogen-bond acceptors (Lipinski definition) is 6. The van der Waals surface area contributed by atoms with Gasteiger partial charge in [0.25, 0.3) is 0 Å². The van der Waals surface area contributed by atoms with Crippen LogP contribution in [-0.2, 0) is 6.61 Å². The SMILES string of the molecule is Cc1ccc(-c2nccc3[nH]c(-c4[nH]nc5ncc(-c6cncc(OCc7ccccc7)c6)cc45)cc23)s1. The van der Waals surface area contributed by atoms with Gasteiger partial charge in [0.1, 0.15) is 12.4 Å².